The van der Waals surface area contributed by atoms with E-state index in [2.05, 4.69) is 25.0 Å². The molecule has 0 saturated carbocycles. The molecule has 0 amide bonds. The zero-order valence-electron chi connectivity index (χ0n) is 7.06. The first-order valence-corrected chi connectivity index (χ1v) is 3.90. The van der Waals surface area contributed by atoms with Crippen molar-refractivity contribution in [1.29, 1.82) is 0 Å². The third-order valence-electron chi connectivity index (χ3n) is 1.53. The first-order valence-electron chi connectivity index (χ1n) is 3.90. The molecule has 0 unspecified atom stereocenters. The van der Waals surface area contributed by atoms with Crippen molar-refractivity contribution in [2.75, 3.05) is 32.7 Å². The van der Waals surface area contributed by atoms with E-state index in [1.165, 1.54) is 0 Å². The van der Waals surface area contributed by atoms with E-state index in [9.17, 15) is 0 Å². The Labute approximate surface area is 65.9 Å². The van der Waals surface area contributed by atoms with E-state index in [-0.39, 0.29) is 1.43 Å². The standard InChI is InChI=1S/C6H18BN3.H2/c1-2-10(7)6-5-9-4-3-8;/h9H,2-8H2,1H3;1H. The molecule has 0 aromatic carbocycles. The van der Waals surface area contributed by atoms with Crippen molar-refractivity contribution in [3.05, 3.63) is 0 Å². The van der Waals surface area contributed by atoms with Crippen LogP contribution in [-0.2, 0) is 0 Å². The minimum absolute atomic E-state index is 0. The molecule has 4 heteroatoms. The van der Waals surface area contributed by atoms with E-state index >= 15 is 0 Å². The molecule has 0 fully saturated rings. The third-order valence-corrected chi connectivity index (χ3v) is 1.53. The molecule has 0 aliphatic carbocycles. The van der Waals surface area contributed by atoms with Gasteiger partial charge in [0.05, 0.1) is 0 Å². The van der Waals surface area contributed by atoms with Gasteiger partial charge in [-0.25, -0.2) is 0 Å². The Bertz CT molecular complexity index is 74.8. The third kappa shape index (κ3) is 6.07. The lowest BCUT2D eigenvalue weighted by Gasteiger charge is -2.13. The van der Waals surface area contributed by atoms with Gasteiger partial charge in [0, 0.05) is 21.1 Å². The van der Waals surface area contributed by atoms with E-state index in [0.717, 1.165) is 32.7 Å². The number of nitrogens with two attached hydrogens (primary N) is 1. The summed E-state index contributed by atoms with van der Waals surface area (Å²) in [5.74, 6) is 0. The van der Waals surface area contributed by atoms with Crippen molar-refractivity contribution < 1.29 is 1.43 Å². The Morgan fingerprint density at radius 3 is 2.80 bits per heavy atom. The highest BCUT2D eigenvalue weighted by Gasteiger charge is 1.91. The average molecular weight is 145 g/mol. The average Bonchev–Trinajstić information content (AvgIpc) is 1.98. The molecule has 10 heavy (non-hydrogen) atoms. The van der Waals surface area contributed by atoms with Crippen molar-refractivity contribution in [2.24, 2.45) is 5.73 Å². The summed E-state index contributed by atoms with van der Waals surface area (Å²) in [6, 6.07) is 0. The van der Waals surface area contributed by atoms with Crippen LogP contribution in [0.1, 0.15) is 8.35 Å². The summed E-state index contributed by atoms with van der Waals surface area (Å²) in [6.07, 6.45) is 0. The molecule has 0 atom stereocenters. The van der Waals surface area contributed by atoms with Crippen molar-refractivity contribution in [3.63, 3.8) is 0 Å². The van der Waals surface area contributed by atoms with Gasteiger partial charge in [-0.3, -0.25) is 0 Å². The Hall–Kier alpha value is -0.0551. The number of nitrogens with zero attached hydrogens (tertiary/aromatic N) is 1. The van der Waals surface area contributed by atoms with Crippen LogP contribution in [0.25, 0.3) is 0 Å². The van der Waals surface area contributed by atoms with Gasteiger partial charge in [-0.1, -0.05) is 6.92 Å². The zero-order valence-corrected chi connectivity index (χ0v) is 7.06. The van der Waals surface area contributed by atoms with Gasteiger partial charge in [0.2, 0.25) is 0 Å². The molecule has 0 radical (unpaired) electrons. The second-order valence-corrected chi connectivity index (χ2v) is 2.43. The van der Waals surface area contributed by atoms with Crippen LogP contribution in [0.4, 0.5) is 0 Å². The number of rotatable bonds is 6. The molecule has 0 rings (SSSR count). The fourth-order valence-corrected chi connectivity index (χ4v) is 0.655. The van der Waals surface area contributed by atoms with Gasteiger partial charge in [0.1, 0.15) is 0 Å². The summed E-state index contributed by atoms with van der Waals surface area (Å²) in [5.41, 5.74) is 5.30. The fraction of sp³-hybridized carbons (Fsp3) is 1.00. The summed E-state index contributed by atoms with van der Waals surface area (Å²) < 4.78 is 0. The number of hydrogen-bond donors (Lipinski definition) is 2. The summed E-state index contributed by atoms with van der Waals surface area (Å²) in [7, 11) is 2.12. The molecule has 3 nitrogen and oxygen atoms in total. The summed E-state index contributed by atoms with van der Waals surface area (Å²) >= 11 is 0. The van der Waals surface area contributed by atoms with E-state index in [0.29, 0.717) is 0 Å². The Morgan fingerprint density at radius 2 is 2.30 bits per heavy atom. The fourth-order valence-electron chi connectivity index (χ4n) is 0.655. The molecule has 62 valence electrons. The van der Waals surface area contributed by atoms with E-state index < -0.39 is 0 Å². The van der Waals surface area contributed by atoms with Gasteiger partial charge >= 0.3 is 0 Å². The lowest BCUT2D eigenvalue weighted by molar-refractivity contribution is 0.463. The van der Waals surface area contributed by atoms with Crippen LogP contribution in [0.5, 0.6) is 0 Å². The topological polar surface area (TPSA) is 41.3 Å². The summed E-state index contributed by atoms with van der Waals surface area (Å²) in [5, 5.41) is 3.23. The highest BCUT2D eigenvalue weighted by molar-refractivity contribution is 6.04. The highest BCUT2D eigenvalue weighted by Crippen LogP contribution is 1.75. The van der Waals surface area contributed by atoms with Crippen LogP contribution in [0.3, 0.4) is 0 Å². The molecule has 0 aliphatic heterocycles. The Kier molecular flexibility index (Phi) is 7.02. The van der Waals surface area contributed by atoms with Crippen LogP contribution in [-0.4, -0.2) is 45.5 Å². The minimum atomic E-state index is 0. The molecule has 0 aromatic heterocycles. The van der Waals surface area contributed by atoms with E-state index in [4.69, 9.17) is 5.73 Å². The monoisotopic (exact) mass is 145 g/mol. The number of hydrogen-bond acceptors (Lipinski definition) is 3. The van der Waals surface area contributed by atoms with Gasteiger partial charge in [0.25, 0.3) is 0 Å². The zero-order chi connectivity index (χ0) is 7.82. The predicted molar refractivity (Wildman–Crippen MR) is 49.8 cm³/mol. The maximum atomic E-state index is 5.30. The van der Waals surface area contributed by atoms with Gasteiger partial charge in [-0.05, 0) is 13.1 Å². The number of likely N-dealkylation sites (N-methyl/N-ethyl adjacent to an activating group) is 1. The SMILES string of the molecule is BN(CC)CCNCCN.[HH]. The van der Waals surface area contributed by atoms with Crippen molar-refractivity contribution in [2.45, 2.75) is 6.92 Å². The van der Waals surface area contributed by atoms with Crippen molar-refractivity contribution in [1.82, 2.24) is 10.1 Å². The van der Waals surface area contributed by atoms with Crippen LogP contribution in [0.2, 0.25) is 0 Å². The Morgan fingerprint density at radius 1 is 1.60 bits per heavy atom. The molecular weight excluding hydrogens is 125 g/mol. The van der Waals surface area contributed by atoms with Crippen LogP contribution in [0, 0.1) is 0 Å². The maximum Gasteiger partial charge on any atom is 0.185 e. The van der Waals surface area contributed by atoms with Gasteiger partial charge in [-0.15, -0.1) is 0 Å². The molecule has 0 aliphatic rings. The van der Waals surface area contributed by atoms with Crippen LogP contribution >= 0.6 is 0 Å². The lowest BCUT2D eigenvalue weighted by Crippen LogP contribution is -2.32. The Balaban J connectivity index is 0. The molecule has 0 heterocycles. The number of nitrogens with one attached hydrogen (secondary N) is 1. The van der Waals surface area contributed by atoms with Crippen LogP contribution in [0.15, 0.2) is 0 Å². The predicted octanol–water partition coefficient (Wildman–Crippen LogP) is -1.35. The van der Waals surface area contributed by atoms with Crippen molar-refractivity contribution >= 4 is 7.98 Å². The smallest absolute Gasteiger partial charge is 0.185 e. The second kappa shape index (κ2) is 7.06. The van der Waals surface area contributed by atoms with Gasteiger partial charge in [-0.2, -0.15) is 0 Å². The molecule has 0 aromatic rings. The second-order valence-electron chi connectivity index (χ2n) is 2.43. The van der Waals surface area contributed by atoms with Gasteiger partial charge < -0.3 is 15.9 Å². The lowest BCUT2D eigenvalue weighted by atomic mass is 10.3. The summed E-state index contributed by atoms with van der Waals surface area (Å²) in [4.78, 5) is 2.27. The molecule has 0 bridgehead atoms. The largest absolute Gasteiger partial charge is 0.348 e. The molecule has 3 N–H and O–H groups in total. The van der Waals surface area contributed by atoms with E-state index in [1.54, 1.807) is 0 Å². The highest BCUT2D eigenvalue weighted by atomic mass is 15.0. The van der Waals surface area contributed by atoms with E-state index in [1.807, 2.05) is 0 Å². The maximum absolute atomic E-state index is 5.30. The first-order chi connectivity index (χ1) is 4.81. The molecule has 0 saturated heterocycles. The minimum Gasteiger partial charge on any atom is -0.348 e. The quantitative estimate of drug-likeness (QED) is 0.358. The van der Waals surface area contributed by atoms with Crippen LogP contribution < -0.4 is 11.1 Å². The summed E-state index contributed by atoms with van der Waals surface area (Å²) in [6.45, 7) is 7.08. The van der Waals surface area contributed by atoms with Crippen molar-refractivity contribution in [3.8, 4) is 0 Å². The molecule has 0 spiro atoms. The van der Waals surface area contributed by atoms with Gasteiger partial charge in [0.15, 0.2) is 7.98 Å². The molecular formula is C6H20BN3. The first kappa shape index (κ1) is 9.94. The normalized spacial score (nSPS) is 10.7.